The topological polar surface area (TPSA) is 240 Å². The maximum Gasteiger partial charge on any atom is 1.00 e. The Hall–Kier alpha value is -8.99. The van der Waals surface area contributed by atoms with Crippen LogP contribution in [0.15, 0.2) is 218 Å². The number of methoxy groups -OCH3 is 2. The molecule has 15 rings (SSSR count). The predicted molar refractivity (Wildman–Crippen MR) is 454 cm³/mol. The van der Waals surface area contributed by atoms with Crippen LogP contribution in [0.3, 0.4) is 0 Å². The number of fused-ring (bicyclic) bond motifs is 3. The number of halogens is 7. The summed E-state index contributed by atoms with van der Waals surface area (Å²) in [4.78, 5) is 80.3. The molecule has 12 aromatic rings. The molecule has 3 aromatic heterocycles. The molecule has 112 heavy (non-hydrogen) atoms. The van der Waals surface area contributed by atoms with Crippen molar-refractivity contribution in [2.75, 3.05) is 63.3 Å². The minimum atomic E-state index is -0.988. The van der Waals surface area contributed by atoms with Crippen LogP contribution in [0.4, 0.5) is 11.4 Å². The minimum absolute atomic E-state index is 0. The average molecular weight is 1740 g/mol. The molecule has 9 aromatic carbocycles. The van der Waals surface area contributed by atoms with Crippen molar-refractivity contribution in [3.05, 3.63) is 303 Å². The SMILES string of the molecule is C.C.COC(=O)c1ccc(C2(NC(=O)c3cc4c(Cl)c(Cl)ccc4n3C)CCN(c3ccccc3)C2)cc1.COC(=O)c1ccc(C2(NC(=O)c3cc4c(Cl)c(Cl)ccc4n3C)CCNC2)cc1.Cn1c(C(=O)NC2(c3ccc(C(=O)O)cc3)CCN(c3ccccc3)C2)cc2c(Cl)c(Cl)ccc21.Ic1ccccc1.[Li+].[OH-]. The summed E-state index contributed by atoms with van der Waals surface area (Å²) in [5.41, 5.74) is 7.93. The van der Waals surface area contributed by atoms with Crippen molar-refractivity contribution >= 4 is 172 Å². The molecule has 3 aliphatic rings. The average Bonchev–Trinajstić information content (AvgIpc) is 1.60. The number of para-hydroxylation sites is 2. The van der Waals surface area contributed by atoms with E-state index in [9.17, 15) is 33.9 Å². The van der Waals surface area contributed by atoms with Crippen LogP contribution in [0.25, 0.3) is 32.7 Å². The van der Waals surface area contributed by atoms with Crippen LogP contribution in [0.1, 0.15) is 113 Å². The van der Waals surface area contributed by atoms with Crippen LogP contribution in [-0.4, -0.2) is 113 Å². The summed E-state index contributed by atoms with van der Waals surface area (Å²) in [5, 5.41) is 27.2. The Morgan fingerprint density at radius 3 is 1.04 bits per heavy atom. The summed E-state index contributed by atoms with van der Waals surface area (Å²) in [7, 11) is 8.19. The molecule has 3 saturated heterocycles. The van der Waals surface area contributed by atoms with E-state index in [2.05, 4.69) is 77.9 Å². The van der Waals surface area contributed by atoms with Crippen LogP contribution in [0, 0.1) is 3.57 Å². The molecule has 3 fully saturated rings. The van der Waals surface area contributed by atoms with Gasteiger partial charge in [-0.3, -0.25) is 14.4 Å². The molecule has 3 amide bonds. The van der Waals surface area contributed by atoms with Gasteiger partial charge in [-0.15, -0.1) is 0 Å². The molecule has 0 spiro atoms. The van der Waals surface area contributed by atoms with Crippen molar-refractivity contribution in [3.8, 4) is 0 Å². The number of carboxylic acids is 1. The van der Waals surface area contributed by atoms with Crippen molar-refractivity contribution in [1.29, 1.82) is 0 Å². The number of carbonyl (C=O) groups is 6. The van der Waals surface area contributed by atoms with Crippen molar-refractivity contribution in [2.24, 2.45) is 21.1 Å². The summed E-state index contributed by atoms with van der Waals surface area (Å²) < 4.78 is 16.3. The zero-order chi connectivity index (χ0) is 76.8. The van der Waals surface area contributed by atoms with Gasteiger partial charge >= 0.3 is 36.8 Å². The molecule has 3 atom stereocenters. The summed E-state index contributed by atoms with van der Waals surface area (Å²) in [5.74, 6) is -2.45. The second kappa shape index (κ2) is 38.2. The Morgan fingerprint density at radius 2 is 0.750 bits per heavy atom. The molecular weight excluding hydrogens is 1650 g/mol. The van der Waals surface area contributed by atoms with Gasteiger partial charge in [-0.05, 0) is 192 Å². The fraction of sp³-hybridized carbons (Fsp3) is 0.224. The standard InChI is InChI=1S/C28H25Cl2N3O3.C27H23Cl2N3O3.C22H21Cl2N3O3.C6H5I.2CH4.Li.H2O/c1-32-23-13-12-22(29)25(30)21(23)16-24(32)26(34)31-28(19-10-8-18(9-11-19)27(35)36-2)14-15-33(17-28)20-6-4-3-5-7-20;1-31-22-12-11-21(28)24(29)20(22)15-23(31)25(33)30-27(18-9-7-17(8-10-18)26(34)35)13-14-32(16-27)19-5-3-2-4-6-19;1-27-17-8-7-16(23)19(24)15(17)11-18(27)20(28)26-22(9-10-25-12-22)14-5-3-13(4-6-14)21(29)30-2;7-6-4-2-1-3-5-6;;;;/h3-13,16H,14-15,17H2,1-2H3,(H,31,34);2-12,15H,13-14,16H2,1H3,(H,30,33)(H,34,35);3-8,11,25H,9-10,12H2,1-2H3,(H,26,28);1-5H;2*1H4;;1H2/q;;;;;;+1;/p-1. The van der Waals surface area contributed by atoms with E-state index in [-0.39, 0.29) is 62.5 Å². The number of benzene rings is 9. The summed E-state index contributed by atoms with van der Waals surface area (Å²) in [6, 6.07) is 67.5. The van der Waals surface area contributed by atoms with Crippen LogP contribution < -0.4 is 49.9 Å². The number of hydrogen-bond donors (Lipinski definition) is 5. The van der Waals surface area contributed by atoms with Crippen molar-refractivity contribution in [1.82, 2.24) is 35.0 Å². The smallest absolute Gasteiger partial charge is 0.870 e. The number of ether oxygens (including phenoxy) is 2. The molecule has 0 aliphatic carbocycles. The molecule has 6 N–H and O–H groups in total. The Balaban J connectivity index is 0.000000199. The Morgan fingerprint density at radius 1 is 0.438 bits per heavy atom. The second-order valence-electron chi connectivity index (χ2n) is 26.5. The number of aromatic carboxylic acids is 1. The van der Waals surface area contributed by atoms with Gasteiger partial charge in [0.1, 0.15) is 17.1 Å². The summed E-state index contributed by atoms with van der Waals surface area (Å²) in [6.07, 6.45) is 2.09. The molecule has 0 bridgehead atoms. The molecular formula is C85H83Cl6ILiN9O10. The van der Waals surface area contributed by atoms with Gasteiger partial charge in [0.2, 0.25) is 0 Å². The van der Waals surface area contributed by atoms with Crippen molar-refractivity contribution < 1.29 is 67.7 Å². The van der Waals surface area contributed by atoms with Gasteiger partial charge in [-0.25, -0.2) is 14.4 Å². The maximum absolute atomic E-state index is 13.7. The molecule has 578 valence electrons. The van der Waals surface area contributed by atoms with Gasteiger partial charge in [0.25, 0.3) is 17.7 Å². The van der Waals surface area contributed by atoms with E-state index < -0.39 is 34.5 Å². The number of aryl methyl sites for hydroxylation is 3. The molecule has 3 unspecified atom stereocenters. The van der Waals surface area contributed by atoms with E-state index in [1.54, 1.807) is 89.5 Å². The molecule has 19 nitrogen and oxygen atoms in total. The van der Waals surface area contributed by atoms with Crippen LogP contribution in [-0.2, 0) is 47.2 Å². The van der Waals surface area contributed by atoms with E-state index in [0.29, 0.717) is 96.2 Å². The van der Waals surface area contributed by atoms with Crippen LogP contribution in [0.2, 0.25) is 30.1 Å². The first-order chi connectivity index (χ1) is 51.9. The third-order valence-corrected chi connectivity index (χ3v) is 23.3. The molecule has 3 aliphatic heterocycles. The largest absolute Gasteiger partial charge is 1.00 e. The fourth-order valence-electron chi connectivity index (χ4n) is 14.3. The number of esters is 2. The molecule has 0 radical (unpaired) electrons. The first-order valence-electron chi connectivity index (χ1n) is 34.4. The first-order valence-corrected chi connectivity index (χ1v) is 37.7. The maximum atomic E-state index is 13.7. The number of carboxylic acid groups (broad SMARTS) is 1. The quantitative estimate of drug-likeness (QED) is 0.0387. The van der Waals surface area contributed by atoms with Gasteiger partial charge in [-0.2, -0.15) is 0 Å². The zero-order valence-corrected chi connectivity index (χ0v) is 67.4. The monoisotopic (exact) mass is 1730 g/mol. The van der Waals surface area contributed by atoms with Crippen molar-refractivity contribution in [3.63, 3.8) is 0 Å². The van der Waals surface area contributed by atoms with E-state index in [0.717, 1.165) is 81.4 Å². The van der Waals surface area contributed by atoms with Gasteiger partial charge in [0, 0.05) is 102 Å². The third-order valence-electron chi connectivity index (χ3n) is 20.2. The second-order valence-corrected chi connectivity index (χ2v) is 30.1. The number of anilines is 2. The number of amides is 3. The summed E-state index contributed by atoms with van der Waals surface area (Å²) >= 11 is 40.0. The fourth-order valence-corrected chi connectivity index (χ4v) is 15.8. The van der Waals surface area contributed by atoms with Crippen LogP contribution >= 0.6 is 92.2 Å². The Bertz CT molecular complexity index is 5370. The first kappa shape index (κ1) is 88.6. The number of rotatable bonds is 14. The molecule has 0 saturated carbocycles. The van der Waals surface area contributed by atoms with E-state index in [1.807, 2.05) is 139 Å². The Kier molecular flexibility index (Phi) is 30.2. The number of aromatic nitrogens is 3. The third kappa shape index (κ3) is 18.8. The number of hydrogen-bond acceptors (Lipinski definition) is 12. The van der Waals surface area contributed by atoms with E-state index in [4.69, 9.17) is 79.1 Å². The Labute approximate surface area is 706 Å². The zero-order valence-electron chi connectivity index (χ0n) is 60.7. The van der Waals surface area contributed by atoms with Crippen LogP contribution in [0.5, 0.6) is 0 Å². The summed E-state index contributed by atoms with van der Waals surface area (Å²) in [6.45, 7) is 3.99. The normalized spacial score (nSPS) is 16.6. The van der Waals surface area contributed by atoms with E-state index in [1.165, 1.54) is 17.8 Å². The van der Waals surface area contributed by atoms with Gasteiger partial charge in [0.05, 0.1) is 77.7 Å². The van der Waals surface area contributed by atoms with Crippen molar-refractivity contribution in [2.45, 2.75) is 50.7 Å². The number of nitrogens with zero attached hydrogens (tertiary/aromatic N) is 5. The number of carbonyl (C=O) groups excluding carboxylic acids is 5. The van der Waals surface area contributed by atoms with E-state index >= 15 is 0 Å². The predicted octanol–water partition coefficient (Wildman–Crippen LogP) is 15.8. The van der Waals surface area contributed by atoms with Gasteiger partial charge in [0.15, 0.2) is 0 Å². The molecule has 6 heterocycles. The minimum Gasteiger partial charge on any atom is -0.870 e. The number of nitrogens with one attached hydrogen (secondary N) is 4. The molecule has 27 heteroatoms. The van der Waals surface area contributed by atoms with Gasteiger partial charge in [-0.1, -0.05) is 175 Å². The van der Waals surface area contributed by atoms with Gasteiger partial charge < -0.3 is 64.8 Å².